The number of amides is 5. The number of urea groups is 1. The van der Waals surface area contributed by atoms with Crippen LogP contribution in [-0.2, 0) is 24.0 Å². The number of rotatable bonds is 12. The Bertz CT molecular complexity index is 915. The van der Waals surface area contributed by atoms with Gasteiger partial charge in [-0.05, 0) is 49.0 Å². The zero-order valence-electron chi connectivity index (χ0n) is 28.1. The quantitative estimate of drug-likeness (QED) is 0.191. The van der Waals surface area contributed by atoms with Crippen LogP contribution in [-0.4, -0.2) is 91.0 Å². The van der Waals surface area contributed by atoms with Gasteiger partial charge in [0.2, 0.25) is 17.6 Å². The van der Waals surface area contributed by atoms with Crippen LogP contribution in [0.3, 0.4) is 0 Å². The molecule has 0 aromatic rings. The Morgan fingerprint density at radius 3 is 1.95 bits per heavy atom. The maximum Gasteiger partial charge on any atom is 0.315 e. The van der Waals surface area contributed by atoms with Crippen molar-refractivity contribution < 1.29 is 28.8 Å². The Morgan fingerprint density at radius 1 is 0.953 bits per heavy atom. The van der Waals surface area contributed by atoms with E-state index in [-0.39, 0.29) is 23.9 Å². The third kappa shape index (κ3) is 14.9. The summed E-state index contributed by atoms with van der Waals surface area (Å²) in [6, 6.07) is -3.16. The molecule has 1 aliphatic rings. The van der Waals surface area contributed by atoms with E-state index in [0.29, 0.717) is 32.2 Å². The molecule has 43 heavy (non-hydrogen) atoms. The van der Waals surface area contributed by atoms with Crippen LogP contribution in [0.5, 0.6) is 0 Å². The molecule has 4 atom stereocenters. The van der Waals surface area contributed by atoms with Gasteiger partial charge in [0.25, 0.3) is 5.91 Å². The van der Waals surface area contributed by atoms with E-state index in [2.05, 4.69) is 27.8 Å². The first-order valence-electron chi connectivity index (χ1n) is 14.8. The molecule has 4 N–H and O–H groups in total. The fourth-order valence-electron chi connectivity index (χ4n) is 4.62. The van der Waals surface area contributed by atoms with E-state index >= 15 is 0 Å². The molecule has 1 saturated heterocycles. The summed E-state index contributed by atoms with van der Waals surface area (Å²) in [5, 5.41) is 11.0. The summed E-state index contributed by atoms with van der Waals surface area (Å²) >= 11 is 1.75. The van der Waals surface area contributed by atoms with Crippen LogP contribution in [0.1, 0.15) is 87.5 Å². The summed E-state index contributed by atoms with van der Waals surface area (Å²) in [5.74, 6) is -2.34. The Hall–Kier alpha value is -2.89. The van der Waals surface area contributed by atoms with E-state index in [1.54, 1.807) is 11.8 Å². The summed E-state index contributed by atoms with van der Waals surface area (Å²) in [4.78, 5) is 74.3. The second-order valence-corrected chi connectivity index (χ2v) is 13.4. The van der Waals surface area contributed by atoms with Gasteiger partial charge in [-0.1, -0.05) is 67.9 Å². The molecule has 1 fully saturated rings. The summed E-state index contributed by atoms with van der Waals surface area (Å²) in [6.07, 6.45) is 8.21. The van der Waals surface area contributed by atoms with E-state index < -0.39 is 47.2 Å². The number of carbonyl (C=O) groups is 6. The lowest BCUT2D eigenvalue weighted by atomic mass is 9.84. The number of likely N-dealkylation sites (tertiary alicyclic amines) is 1. The number of thioether (sulfide) groups is 1. The molecule has 11 nitrogen and oxygen atoms in total. The second kappa shape index (κ2) is 20.9. The lowest BCUT2D eigenvalue weighted by molar-refractivity contribution is -0.143. The van der Waals surface area contributed by atoms with Crippen molar-refractivity contribution >= 4 is 48.1 Å². The van der Waals surface area contributed by atoms with Crippen molar-refractivity contribution in [2.24, 2.45) is 10.8 Å². The van der Waals surface area contributed by atoms with Crippen molar-refractivity contribution in [3.05, 3.63) is 12.7 Å². The van der Waals surface area contributed by atoms with Gasteiger partial charge in [0.1, 0.15) is 18.9 Å². The molecule has 5 amide bonds. The lowest BCUT2D eigenvalue weighted by Gasteiger charge is -2.37. The number of hydrogen-bond donors (Lipinski definition) is 4. The molecule has 0 aromatic carbocycles. The first kappa shape index (κ1) is 42.2. The molecule has 3 unspecified atom stereocenters. The first-order chi connectivity index (χ1) is 20.0. The van der Waals surface area contributed by atoms with E-state index in [1.807, 2.05) is 74.7 Å². The van der Waals surface area contributed by atoms with Crippen molar-refractivity contribution in [2.75, 3.05) is 25.6 Å². The van der Waals surface area contributed by atoms with Crippen molar-refractivity contribution in [1.82, 2.24) is 26.2 Å². The molecular formula is C31H57N5O6S. The highest BCUT2D eigenvalue weighted by atomic mass is 32.2. The summed E-state index contributed by atoms with van der Waals surface area (Å²) < 4.78 is 0. The molecule has 0 radical (unpaired) electrons. The van der Waals surface area contributed by atoms with Crippen molar-refractivity contribution in [1.29, 1.82) is 0 Å². The van der Waals surface area contributed by atoms with Crippen LogP contribution in [0, 0.1) is 10.8 Å². The number of nitrogens with zero attached hydrogens (tertiary/aromatic N) is 1. The van der Waals surface area contributed by atoms with Gasteiger partial charge >= 0.3 is 6.03 Å². The Morgan fingerprint density at radius 2 is 1.51 bits per heavy atom. The molecule has 1 rings (SSSR count). The van der Waals surface area contributed by atoms with Gasteiger partial charge in [-0.15, -0.1) is 6.58 Å². The van der Waals surface area contributed by atoms with Gasteiger partial charge in [0.05, 0.1) is 6.04 Å². The van der Waals surface area contributed by atoms with Gasteiger partial charge in [0.15, 0.2) is 0 Å². The minimum Gasteiger partial charge on any atom is -0.346 e. The van der Waals surface area contributed by atoms with E-state index in [9.17, 15) is 24.0 Å². The number of nitrogens with one attached hydrogen (secondary N) is 4. The van der Waals surface area contributed by atoms with Gasteiger partial charge in [-0.2, -0.15) is 11.8 Å². The molecule has 0 aromatic heterocycles. The first-order valence-corrected chi connectivity index (χ1v) is 16.4. The number of Topliss-reactive ketones (excluding diaryl/α,β-unsaturated/α-hetero) is 1. The maximum atomic E-state index is 13.7. The average Bonchev–Trinajstić information content (AvgIpc) is 3.43. The third-order valence-electron chi connectivity index (χ3n) is 6.83. The van der Waals surface area contributed by atoms with Gasteiger partial charge in [-0.3, -0.25) is 19.2 Å². The predicted octanol–water partition coefficient (Wildman–Crippen LogP) is 3.47. The molecule has 1 aliphatic heterocycles. The number of carbonyl (C=O) groups excluding carboxylic acids is 6. The largest absolute Gasteiger partial charge is 0.346 e. The molecule has 12 heteroatoms. The molecule has 248 valence electrons. The summed E-state index contributed by atoms with van der Waals surface area (Å²) in [6.45, 7) is 21.6. The lowest BCUT2D eigenvalue weighted by Crippen LogP contribution is -2.61. The zero-order chi connectivity index (χ0) is 34.0. The third-order valence-corrected chi connectivity index (χ3v) is 6.83. The van der Waals surface area contributed by atoms with Crippen LogP contribution in [0.15, 0.2) is 12.7 Å². The highest BCUT2D eigenvalue weighted by Crippen LogP contribution is 2.27. The molecule has 0 spiro atoms. The highest BCUT2D eigenvalue weighted by molar-refractivity contribution is 7.97. The SMILES string of the molecule is C=CCNC(=O)C(=O)C(CCC)NC(=O)C1CCCN1C(=O)C(NC(=O)N[C@H](CC)C(C)(C)C)C(C)(C)C.C=O.CSC. The van der Waals surface area contributed by atoms with Gasteiger partial charge < -0.3 is 31.0 Å². The number of ketones is 1. The Labute approximate surface area is 263 Å². The minimum absolute atomic E-state index is 0.0831. The van der Waals surface area contributed by atoms with Crippen molar-refractivity contribution in [2.45, 2.75) is 112 Å². The molecule has 1 heterocycles. The van der Waals surface area contributed by atoms with E-state index in [1.165, 1.54) is 11.0 Å². The monoisotopic (exact) mass is 627 g/mol. The molecule has 0 aliphatic carbocycles. The van der Waals surface area contributed by atoms with E-state index in [4.69, 9.17) is 4.79 Å². The standard InChI is InChI=1S/C28H49N5O5.C2H6S.CH2O/c1-10-14-18(21(34)24(36)29-16-11-2)30-23(35)19-15-13-17-33(19)25(37)22(28(7,8)9)32-26(38)31-20(12-3)27(4,5)6;1-3-2;1-2/h11,18-20,22H,2,10,12-17H2,1,3-9H3,(H,29,36)(H,30,35)(H2,31,32,38);1-2H3;1H2/t18?,19?,20-,22?;;/m1../s1. The smallest absolute Gasteiger partial charge is 0.315 e. The van der Waals surface area contributed by atoms with Crippen LogP contribution < -0.4 is 21.3 Å². The highest BCUT2D eigenvalue weighted by Gasteiger charge is 2.43. The molecule has 0 bridgehead atoms. The fourth-order valence-corrected chi connectivity index (χ4v) is 4.62. The Kier molecular flexibility index (Phi) is 20.5. The van der Waals surface area contributed by atoms with Crippen molar-refractivity contribution in [3.8, 4) is 0 Å². The van der Waals surface area contributed by atoms with Gasteiger partial charge in [0, 0.05) is 19.1 Å². The summed E-state index contributed by atoms with van der Waals surface area (Å²) in [7, 11) is 0. The topological polar surface area (TPSA) is 154 Å². The van der Waals surface area contributed by atoms with Crippen LogP contribution >= 0.6 is 11.8 Å². The van der Waals surface area contributed by atoms with E-state index in [0.717, 1.165) is 6.42 Å². The van der Waals surface area contributed by atoms with Crippen LogP contribution in [0.2, 0.25) is 0 Å². The predicted molar refractivity (Wildman–Crippen MR) is 175 cm³/mol. The maximum absolute atomic E-state index is 13.7. The molecular weight excluding hydrogens is 570 g/mol. The van der Waals surface area contributed by atoms with Crippen molar-refractivity contribution in [3.63, 3.8) is 0 Å². The van der Waals surface area contributed by atoms with Crippen LogP contribution in [0.4, 0.5) is 4.79 Å². The normalized spacial score (nSPS) is 16.5. The minimum atomic E-state index is -0.986. The van der Waals surface area contributed by atoms with Gasteiger partial charge in [-0.25, -0.2) is 4.79 Å². The molecule has 0 saturated carbocycles. The number of hydrogen-bond acceptors (Lipinski definition) is 7. The fraction of sp³-hybridized carbons (Fsp3) is 0.742. The zero-order valence-corrected chi connectivity index (χ0v) is 28.9. The van der Waals surface area contributed by atoms with Crippen LogP contribution in [0.25, 0.3) is 0 Å². The second-order valence-electron chi connectivity index (χ2n) is 12.6. The summed E-state index contributed by atoms with van der Waals surface area (Å²) in [5.41, 5.74) is -0.772. The average molecular weight is 628 g/mol. The Balaban J connectivity index is 0.